The van der Waals surface area contributed by atoms with E-state index in [9.17, 15) is 9.59 Å². The summed E-state index contributed by atoms with van der Waals surface area (Å²) < 4.78 is 10.9. The Labute approximate surface area is 181 Å². The molecule has 0 heterocycles. The molecule has 0 fully saturated rings. The molecule has 6 nitrogen and oxygen atoms in total. The van der Waals surface area contributed by atoms with Crippen molar-refractivity contribution in [2.24, 2.45) is 0 Å². The van der Waals surface area contributed by atoms with Gasteiger partial charge < -0.3 is 20.1 Å². The average molecular weight is 427 g/mol. The first-order valence-electron chi connectivity index (χ1n) is 9.29. The Morgan fingerprint density at radius 2 is 2.07 bits per heavy atom. The summed E-state index contributed by atoms with van der Waals surface area (Å²) in [6.45, 7) is 2.32. The van der Waals surface area contributed by atoms with Crippen LogP contribution in [0, 0.1) is 12.3 Å². The number of ether oxygens (including phenoxy) is 2. The van der Waals surface area contributed by atoms with Crippen LogP contribution in [0.2, 0.25) is 5.02 Å². The molecule has 0 aliphatic rings. The van der Waals surface area contributed by atoms with E-state index in [-0.39, 0.29) is 12.5 Å². The van der Waals surface area contributed by atoms with Gasteiger partial charge in [0.1, 0.15) is 0 Å². The lowest BCUT2D eigenvalue weighted by Crippen LogP contribution is -2.31. The van der Waals surface area contributed by atoms with Crippen LogP contribution in [-0.4, -0.2) is 32.1 Å². The maximum Gasteiger partial charge on any atom is 0.244 e. The number of methoxy groups -OCH3 is 1. The Bertz CT molecular complexity index is 980. The number of nitrogens with one attached hydrogen (secondary N) is 2. The van der Waals surface area contributed by atoms with Crippen LogP contribution < -0.4 is 20.1 Å². The van der Waals surface area contributed by atoms with Crippen LogP contribution in [0.3, 0.4) is 0 Å². The van der Waals surface area contributed by atoms with Gasteiger partial charge in [-0.2, -0.15) is 0 Å². The second-order valence-corrected chi connectivity index (χ2v) is 6.61. The lowest BCUT2D eigenvalue weighted by Gasteiger charge is -2.12. The van der Waals surface area contributed by atoms with Crippen molar-refractivity contribution >= 4 is 35.2 Å². The van der Waals surface area contributed by atoms with Gasteiger partial charge in [0, 0.05) is 17.3 Å². The molecule has 0 aromatic heterocycles. The summed E-state index contributed by atoms with van der Waals surface area (Å²) in [5, 5.41) is 5.57. The fourth-order valence-corrected chi connectivity index (χ4v) is 2.74. The molecule has 0 spiro atoms. The standard InChI is InChI=1S/C23H23ClN2O4/c1-4-11-30-23-19(24)13-17(14-20(23)29-3)9-10-21(27)25-15-22(28)26-18-8-6-7-16(5-2)12-18/h2,6-10,12-14H,4,11,15H2,1,3H3,(H,25,27)(H,26,28)/b10-9+. The third kappa shape index (κ3) is 6.87. The number of carbonyl (C=O) groups is 2. The van der Waals surface area contributed by atoms with Gasteiger partial charge in [-0.25, -0.2) is 0 Å². The van der Waals surface area contributed by atoms with Gasteiger partial charge in [-0.3, -0.25) is 9.59 Å². The van der Waals surface area contributed by atoms with Crippen molar-refractivity contribution in [3.8, 4) is 23.8 Å². The molecule has 2 aromatic carbocycles. The predicted molar refractivity (Wildman–Crippen MR) is 119 cm³/mol. The molecule has 7 heteroatoms. The Kier molecular flexibility index (Phi) is 8.79. The average Bonchev–Trinajstić information content (AvgIpc) is 2.75. The Balaban J connectivity index is 1.93. The van der Waals surface area contributed by atoms with E-state index in [0.29, 0.717) is 39.9 Å². The highest BCUT2D eigenvalue weighted by molar-refractivity contribution is 6.32. The van der Waals surface area contributed by atoms with E-state index in [1.165, 1.54) is 13.2 Å². The zero-order valence-corrected chi connectivity index (χ0v) is 17.6. The molecule has 0 aliphatic heterocycles. The Morgan fingerprint density at radius 1 is 1.27 bits per heavy atom. The van der Waals surface area contributed by atoms with E-state index in [4.69, 9.17) is 27.5 Å². The first-order chi connectivity index (χ1) is 14.5. The minimum Gasteiger partial charge on any atom is -0.493 e. The minimum absolute atomic E-state index is 0.183. The number of hydrogen-bond donors (Lipinski definition) is 2. The number of terminal acetylenes is 1. The van der Waals surface area contributed by atoms with E-state index in [0.717, 1.165) is 6.42 Å². The highest BCUT2D eigenvalue weighted by atomic mass is 35.5. The van der Waals surface area contributed by atoms with Gasteiger partial charge in [0.15, 0.2) is 11.5 Å². The van der Waals surface area contributed by atoms with E-state index in [2.05, 4.69) is 16.6 Å². The van der Waals surface area contributed by atoms with Crippen LogP contribution in [0.5, 0.6) is 11.5 Å². The molecule has 156 valence electrons. The van der Waals surface area contributed by atoms with Crippen LogP contribution in [0.4, 0.5) is 5.69 Å². The molecule has 0 saturated heterocycles. The normalized spacial score (nSPS) is 10.3. The maximum absolute atomic E-state index is 12.0. The van der Waals surface area contributed by atoms with Crippen molar-refractivity contribution in [1.82, 2.24) is 5.32 Å². The molecule has 0 unspecified atom stereocenters. The lowest BCUT2D eigenvalue weighted by molar-refractivity contribution is -0.121. The molecule has 2 N–H and O–H groups in total. The van der Waals surface area contributed by atoms with Crippen LogP contribution in [-0.2, 0) is 9.59 Å². The summed E-state index contributed by atoms with van der Waals surface area (Å²) in [7, 11) is 1.52. The molecule has 0 atom stereocenters. The molecular formula is C23H23ClN2O4. The highest BCUT2D eigenvalue weighted by Gasteiger charge is 2.11. The fourth-order valence-electron chi connectivity index (χ4n) is 2.47. The molecular weight excluding hydrogens is 404 g/mol. The quantitative estimate of drug-likeness (QED) is 0.471. The summed E-state index contributed by atoms with van der Waals surface area (Å²) in [6, 6.07) is 10.3. The second kappa shape index (κ2) is 11.5. The summed E-state index contributed by atoms with van der Waals surface area (Å²) in [6.07, 6.45) is 9.05. The number of carbonyl (C=O) groups excluding carboxylic acids is 2. The predicted octanol–water partition coefficient (Wildman–Crippen LogP) is 3.89. The van der Waals surface area contributed by atoms with Gasteiger partial charge in [-0.15, -0.1) is 6.42 Å². The van der Waals surface area contributed by atoms with Crippen molar-refractivity contribution < 1.29 is 19.1 Å². The first-order valence-corrected chi connectivity index (χ1v) is 9.67. The number of benzene rings is 2. The highest BCUT2D eigenvalue weighted by Crippen LogP contribution is 2.36. The molecule has 0 radical (unpaired) electrons. The largest absolute Gasteiger partial charge is 0.493 e. The van der Waals surface area contributed by atoms with Gasteiger partial charge in [0.25, 0.3) is 0 Å². The molecule has 2 aromatic rings. The number of anilines is 1. The van der Waals surface area contributed by atoms with Crippen LogP contribution in [0.15, 0.2) is 42.5 Å². The molecule has 0 saturated carbocycles. The van der Waals surface area contributed by atoms with Crippen molar-refractivity contribution in [2.45, 2.75) is 13.3 Å². The summed E-state index contributed by atoms with van der Waals surface area (Å²) >= 11 is 6.26. The topological polar surface area (TPSA) is 76.7 Å². The molecule has 2 amide bonds. The fraction of sp³-hybridized carbons (Fsp3) is 0.217. The number of rotatable bonds is 9. The van der Waals surface area contributed by atoms with E-state index in [1.54, 1.807) is 42.5 Å². The monoisotopic (exact) mass is 426 g/mol. The number of halogens is 1. The van der Waals surface area contributed by atoms with Crippen molar-refractivity contribution in [2.75, 3.05) is 25.6 Å². The Morgan fingerprint density at radius 3 is 2.77 bits per heavy atom. The Hall–Kier alpha value is -3.43. The smallest absolute Gasteiger partial charge is 0.244 e. The van der Waals surface area contributed by atoms with Gasteiger partial charge >= 0.3 is 0 Å². The van der Waals surface area contributed by atoms with E-state index < -0.39 is 5.91 Å². The van der Waals surface area contributed by atoms with E-state index in [1.807, 2.05) is 6.92 Å². The van der Waals surface area contributed by atoms with Crippen LogP contribution in [0.1, 0.15) is 24.5 Å². The minimum atomic E-state index is -0.427. The molecule has 30 heavy (non-hydrogen) atoms. The second-order valence-electron chi connectivity index (χ2n) is 6.21. The van der Waals surface area contributed by atoms with Crippen LogP contribution in [0.25, 0.3) is 6.08 Å². The third-order valence-electron chi connectivity index (χ3n) is 3.87. The molecule has 0 aliphatic carbocycles. The van der Waals surface area contributed by atoms with Gasteiger partial charge in [0.05, 0.1) is 25.3 Å². The zero-order valence-electron chi connectivity index (χ0n) is 16.8. The summed E-state index contributed by atoms with van der Waals surface area (Å²) in [4.78, 5) is 24.0. The SMILES string of the molecule is C#Cc1cccc(NC(=O)CNC(=O)/C=C/c2cc(Cl)c(OCCC)c(OC)c2)c1. The van der Waals surface area contributed by atoms with Gasteiger partial charge in [-0.1, -0.05) is 30.5 Å². The molecule has 0 bridgehead atoms. The lowest BCUT2D eigenvalue weighted by atomic mass is 10.2. The summed E-state index contributed by atoms with van der Waals surface area (Å²) in [5.74, 6) is 2.64. The van der Waals surface area contributed by atoms with Crippen LogP contribution >= 0.6 is 11.6 Å². The van der Waals surface area contributed by atoms with Gasteiger partial charge in [-0.05, 0) is 48.4 Å². The summed E-state index contributed by atoms with van der Waals surface area (Å²) in [5.41, 5.74) is 1.87. The molecule has 2 rings (SSSR count). The van der Waals surface area contributed by atoms with E-state index >= 15 is 0 Å². The van der Waals surface area contributed by atoms with Crippen molar-refractivity contribution in [3.05, 3.63) is 58.6 Å². The number of amides is 2. The first kappa shape index (κ1) is 22.9. The zero-order chi connectivity index (χ0) is 21.9. The number of hydrogen-bond acceptors (Lipinski definition) is 4. The maximum atomic E-state index is 12.0. The third-order valence-corrected chi connectivity index (χ3v) is 4.15. The van der Waals surface area contributed by atoms with Gasteiger partial charge in [0.2, 0.25) is 11.8 Å². The van der Waals surface area contributed by atoms with Crippen molar-refractivity contribution in [3.63, 3.8) is 0 Å². The van der Waals surface area contributed by atoms with Crippen molar-refractivity contribution in [1.29, 1.82) is 0 Å².